The van der Waals surface area contributed by atoms with Crippen LogP contribution in [-0.2, 0) is 14.4 Å². The van der Waals surface area contributed by atoms with Gasteiger partial charge < -0.3 is 10.0 Å². The maximum absolute atomic E-state index is 14.5. The van der Waals surface area contributed by atoms with Gasteiger partial charge in [-0.3, -0.25) is 19.7 Å². The quantitative estimate of drug-likeness (QED) is 0.798. The van der Waals surface area contributed by atoms with Crippen LogP contribution in [-0.4, -0.2) is 41.0 Å². The fraction of sp³-hybridized carbons (Fsp3) is 0.529. The van der Waals surface area contributed by atoms with Crippen molar-refractivity contribution in [1.29, 1.82) is 0 Å². The highest BCUT2D eigenvalue weighted by Gasteiger charge is 2.30. The molecule has 1 atom stereocenters. The Morgan fingerprint density at radius 2 is 2.04 bits per heavy atom. The smallest absolute Gasteiger partial charge is 0.303 e. The van der Waals surface area contributed by atoms with Gasteiger partial charge >= 0.3 is 5.97 Å². The van der Waals surface area contributed by atoms with Crippen molar-refractivity contribution in [3.05, 3.63) is 23.6 Å². The number of aliphatic carboxylic acids is 1. The molecule has 2 aliphatic heterocycles. The summed E-state index contributed by atoms with van der Waals surface area (Å²) in [6.07, 6.45) is 3.58. The number of amides is 2. The van der Waals surface area contributed by atoms with Gasteiger partial charge in [-0.2, -0.15) is 0 Å². The molecule has 2 amide bonds. The third-order valence-electron chi connectivity index (χ3n) is 4.86. The summed E-state index contributed by atoms with van der Waals surface area (Å²) in [7, 11) is 0. The second kappa shape index (κ2) is 7.16. The van der Waals surface area contributed by atoms with Crippen LogP contribution in [0.4, 0.5) is 10.2 Å². The number of pyridine rings is 1. The van der Waals surface area contributed by atoms with Crippen molar-refractivity contribution in [3.8, 4) is 0 Å². The van der Waals surface area contributed by atoms with E-state index in [4.69, 9.17) is 5.11 Å². The monoisotopic (exact) mass is 349 g/mol. The minimum absolute atomic E-state index is 0.111. The Morgan fingerprint density at radius 3 is 2.64 bits per heavy atom. The highest BCUT2D eigenvalue weighted by atomic mass is 19.1. The Morgan fingerprint density at radius 1 is 1.32 bits per heavy atom. The number of carboxylic acids is 1. The van der Waals surface area contributed by atoms with Crippen molar-refractivity contribution in [2.24, 2.45) is 5.92 Å². The van der Waals surface area contributed by atoms with Crippen LogP contribution in [0.25, 0.3) is 0 Å². The predicted octanol–water partition coefficient (Wildman–Crippen LogP) is 1.43. The molecule has 2 saturated heterocycles. The number of carbonyl (C=O) groups excluding carboxylic acids is 2. The lowest BCUT2D eigenvalue weighted by Gasteiger charge is -2.32. The lowest BCUT2D eigenvalue weighted by atomic mass is 9.91. The van der Waals surface area contributed by atoms with E-state index in [2.05, 4.69) is 10.3 Å². The van der Waals surface area contributed by atoms with Crippen molar-refractivity contribution in [3.63, 3.8) is 0 Å². The Labute approximate surface area is 144 Å². The van der Waals surface area contributed by atoms with Crippen LogP contribution in [0, 0.1) is 11.7 Å². The number of hydrogen-bond acceptors (Lipinski definition) is 5. The van der Waals surface area contributed by atoms with Crippen molar-refractivity contribution in [1.82, 2.24) is 10.3 Å². The first-order valence-electron chi connectivity index (χ1n) is 8.40. The van der Waals surface area contributed by atoms with Crippen LogP contribution in [0.2, 0.25) is 0 Å². The van der Waals surface area contributed by atoms with E-state index in [9.17, 15) is 18.8 Å². The number of halogens is 1. The second-order valence-electron chi connectivity index (χ2n) is 6.61. The highest BCUT2D eigenvalue weighted by Crippen LogP contribution is 2.29. The van der Waals surface area contributed by atoms with Gasteiger partial charge in [0.15, 0.2) is 11.6 Å². The summed E-state index contributed by atoms with van der Waals surface area (Å²) in [5.41, 5.74) is 0.465. The zero-order chi connectivity index (χ0) is 18.0. The van der Waals surface area contributed by atoms with Crippen LogP contribution >= 0.6 is 0 Å². The molecule has 134 valence electrons. The van der Waals surface area contributed by atoms with Gasteiger partial charge in [-0.1, -0.05) is 0 Å². The highest BCUT2D eigenvalue weighted by molar-refractivity contribution is 6.00. The van der Waals surface area contributed by atoms with Gasteiger partial charge in [0.25, 0.3) is 0 Å². The number of aromatic nitrogens is 1. The van der Waals surface area contributed by atoms with E-state index in [1.807, 2.05) is 4.90 Å². The molecule has 0 radical (unpaired) electrons. The van der Waals surface area contributed by atoms with Crippen LogP contribution in [0.1, 0.15) is 43.6 Å². The number of nitrogens with zero attached hydrogens (tertiary/aromatic N) is 2. The van der Waals surface area contributed by atoms with Crippen LogP contribution in [0.3, 0.4) is 0 Å². The Balaban J connectivity index is 1.68. The van der Waals surface area contributed by atoms with Gasteiger partial charge in [0.2, 0.25) is 11.8 Å². The molecular formula is C17H20FN3O4. The maximum atomic E-state index is 14.5. The molecular weight excluding hydrogens is 329 g/mol. The zero-order valence-electron chi connectivity index (χ0n) is 13.7. The number of rotatable bonds is 4. The molecule has 0 aromatic carbocycles. The number of anilines is 1. The standard InChI is InChI=1S/C17H20FN3O4/c18-13-8-11(12-1-2-14(22)20-17(12)25)9-19-16(13)21-5-3-10(4-6-21)7-15(23)24/h8-10,12H,1-7H2,(H,23,24)(H,20,22,25). The molecule has 7 nitrogen and oxygen atoms in total. The van der Waals surface area contributed by atoms with Gasteiger partial charge in [0.05, 0.1) is 5.92 Å². The summed E-state index contributed by atoms with van der Waals surface area (Å²) in [5.74, 6) is -2.26. The fourth-order valence-electron chi connectivity index (χ4n) is 3.48. The molecule has 3 heterocycles. The molecule has 1 unspecified atom stereocenters. The molecule has 0 bridgehead atoms. The molecule has 2 aliphatic rings. The first-order chi connectivity index (χ1) is 11.9. The van der Waals surface area contributed by atoms with Crippen molar-refractivity contribution in [2.75, 3.05) is 18.0 Å². The van der Waals surface area contributed by atoms with Crippen LogP contribution in [0.5, 0.6) is 0 Å². The normalized spacial score (nSPS) is 22.0. The van der Waals surface area contributed by atoms with E-state index >= 15 is 0 Å². The predicted molar refractivity (Wildman–Crippen MR) is 86.5 cm³/mol. The van der Waals surface area contributed by atoms with E-state index in [1.54, 1.807) is 0 Å². The minimum atomic E-state index is -0.809. The van der Waals surface area contributed by atoms with Gasteiger partial charge in [-0.25, -0.2) is 9.37 Å². The van der Waals surface area contributed by atoms with Gasteiger partial charge in [0, 0.05) is 32.1 Å². The Kier molecular flexibility index (Phi) is 4.96. The molecule has 0 aliphatic carbocycles. The topological polar surface area (TPSA) is 99.6 Å². The summed E-state index contributed by atoms with van der Waals surface area (Å²) in [5, 5.41) is 11.1. The van der Waals surface area contributed by atoms with Gasteiger partial charge in [-0.15, -0.1) is 0 Å². The minimum Gasteiger partial charge on any atom is -0.481 e. The first kappa shape index (κ1) is 17.3. The second-order valence-corrected chi connectivity index (χ2v) is 6.61. The average molecular weight is 349 g/mol. The summed E-state index contributed by atoms with van der Waals surface area (Å²) >= 11 is 0. The Bertz CT molecular complexity index is 701. The molecule has 8 heteroatoms. The van der Waals surface area contributed by atoms with Crippen molar-refractivity contribution >= 4 is 23.6 Å². The number of nitrogens with one attached hydrogen (secondary N) is 1. The van der Waals surface area contributed by atoms with Crippen molar-refractivity contribution in [2.45, 2.75) is 38.0 Å². The van der Waals surface area contributed by atoms with Gasteiger partial charge in [-0.05, 0) is 36.8 Å². The summed E-state index contributed by atoms with van der Waals surface area (Å²) in [6, 6.07) is 1.31. The molecule has 2 fully saturated rings. The lowest BCUT2D eigenvalue weighted by Crippen LogP contribution is -2.39. The molecule has 0 saturated carbocycles. The number of carbonyl (C=O) groups is 3. The zero-order valence-corrected chi connectivity index (χ0v) is 13.7. The third kappa shape index (κ3) is 3.94. The van der Waals surface area contributed by atoms with E-state index < -0.39 is 23.6 Å². The van der Waals surface area contributed by atoms with Crippen LogP contribution < -0.4 is 10.2 Å². The number of imide groups is 1. The van der Waals surface area contributed by atoms with E-state index in [0.717, 1.165) is 0 Å². The van der Waals surface area contributed by atoms with E-state index in [-0.39, 0.29) is 30.5 Å². The van der Waals surface area contributed by atoms with E-state index in [1.165, 1.54) is 12.3 Å². The molecule has 1 aromatic heterocycles. The maximum Gasteiger partial charge on any atom is 0.303 e. The van der Waals surface area contributed by atoms with E-state index in [0.29, 0.717) is 37.9 Å². The largest absolute Gasteiger partial charge is 0.481 e. The SMILES string of the molecule is O=C(O)CC1CCN(c2ncc(C3CCC(=O)NC3=O)cc2F)CC1. The first-order valence-corrected chi connectivity index (χ1v) is 8.40. The molecule has 1 aromatic rings. The fourth-order valence-corrected chi connectivity index (χ4v) is 3.48. The van der Waals surface area contributed by atoms with Gasteiger partial charge in [0.1, 0.15) is 0 Å². The molecule has 2 N–H and O–H groups in total. The number of carboxylic acid groups (broad SMARTS) is 1. The number of piperidine rings is 2. The average Bonchev–Trinajstić information content (AvgIpc) is 2.55. The van der Waals surface area contributed by atoms with Crippen molar-refractivity contribution < 1.29 is 23.9 Å². The molecule has 3 rings (SSSR count). The summed E-state index contributed by atoms with van der Waals surface area (Å²) in [4.78, 5) is 39.9. The summed E-state index contributed by atoms with van der Waals surface area (Å²) in [6.45, 7) is 1.11. The number of hydrogen-bond donors (Lipinski definition) is 2. The molecule has 25 heavy (non-hydrogen) atoms. The lowest BCUT2D eigenvalue weighted by molar-refractivity contribution is -0.138. The Hall–Kier alpha value is -2.51. The molecule has 0 spiro atoms. The third-order valence-corrected chi connectivity index (χ3v) is 4.86. The summed E-state index contributed by atoms with van der Waals surface area (Å²) < 4.78 is 14.5. The van der Waals surface area contributed by atoms with Crippen LogP contribution in [0.15, 0.2) is 12.3 Å².